The van der Waals surface area contributed by atoms with Gasteiger partial charge in [0.1, 0.15) is 12.4 Å². The zero-order valence-corrected chi connectivity index (χ0v) is 19.3. The fraction of sp³-hybridized carbons (Fsp3) is 0.308. The summed E-state index contributed by atoms with van der Waals surface area (Å²) in [6.45, 7) is 10.7. The van der Waals surface area contributed by atoms with E-state index in [0.717, 1.165) is 28.0 Å². The number of nitrogens with one attached hydrogen (secondary N) is 1. The predicted octanol–water partition coefficient (Wildman–Crippen LogP) is 6.19. The quantitative estimate of drug-likeness (QED) is 0.379. The summed E-state index contributed by atoms with van der Waals surface area (Å²) in [6, 6.07) is 16.4. The van der Waals surface area contributed by atoms with E-state index in [1.54, 1.807) is 6.20 Å². The lowest BCUT2D eigenvalue weighted by atomic mass is 10.0. The Morgan fingerprint density at radius 3 is 2.38 bits per heavy atom. The number of hydrogen-bond acceptors (Lipinski definition) is 6. The van der Waals surface area contributed by atoms with Crippen LogP contribution in [0.4, 0.5) is 11.5 Å². The van der Waals surface area contributed by atoms with E-state index in [1.165, 1.54) is 5.56 Å². The molecule has 1 aromatic carbocycles. The summed E-state index contributed by atoms with van der Waals surface area (Å²) >= 11 is 0. The minimum absolute atomic E-state index is 0.0877. The first-order valence-corrected chi connectivity index (χ1v) is 11.0. The van der Waals surface area contributed by atoms with Crippen LogP contribution < -0.4 is 5.32 Å². The number of aromatic nitrogens is 4. The molecule has 0 spiro atoms. The van der Waals surface area contributed by atoms with Crippen molar-refractivity contribution in [3.8, 4) is 11.4 Å². The van der Waals surface area contributed by atoms with Gasteiger partial charge in [-0.1, -0.05) is 32.0 Å². The van der Waals surface area contributed by atoms with Crippen LogP contribution in [0, 0.1) is 6.92 Å². The summed E-state index contributed by atoms with van der Waals surface area (Å²) in [5, 5.41) is 4.30. The van der Waals surface area contributed by atoms with Gasteiger partial charge in [0.05, 0.1) is 22.9 Å². The fourth-order valence-corrected chi connectivity index (χ4v) is 3.43. The Balaban J connectivity index is 1.76. The molecule has 3 aromatic heterocycles. The lowest BCUT2D eigenvalue weighted by Gasteiger charge is -2.13. The van der Waals surface area contributed by atoms with Gasteiger partial charge in [-0.25, -0.2) is 15.0 Å². The average molecular weight is 428 g/mol. The SMILES string of the molecule is Cc1cccnc1-c1ccc2c(Nc3ccc(C(C)C)cc3)nc(COC(C)C)nc2n1. The highest BCUT2D eigenvalue weighted by Crippen LogP contribution is 2.27. The van der Waals surface area contributed by atoms with Crippen molar-refractivity contribution in [2.75, 3.05) is 5.32 Å². The van der Waals surface area contributed by atoms with Gasteiger partial charge < -0.3 is 10.1 Å². The van der Waals surface area contributed by atoms with Crippen molar-refractivity contribution in [3.63, 3.8) is 0 Å². The van der Waals surface area contributed by atoms with E-state index in [9.17, 15) is 0 Å². The largest absolute Gasteiger partial charge is 0.371 e. The minimum atomic E-state index is 0.0877. The number of ether oxygens (including phenoxy) is 1. The van der Waals surface area contributed by atoms with Gasteiger partial charge >= 0.3 is 0 Å². The van der Waals surface area contributed by atoms with Crippen LogP contribution in [0.1, 0.15) is 50.6 Å². The van der Waals surface area contributed by atoms with Crippen molar-refractivity contribution < 1.29 is 4.74 Å². The Morgan fingerprint density at radius 2 is 1.69 bits per heavy atom. The maximum atomic E-state index is 5.77. The van der Waals surface area contributed by atoms with E-state index in [0.29, 0.717) is 29.8 Å². The smallest absolute Gasteiger partial charge is 0.165 e. The number of benzene rings is 1. The van der Waals surface area contributed by atoms with Crippen LogP contribution in [0.2, 0.25) is 0 Å². The molecule has 0 bridgehead atoms. The number of anilines is 2. The summed E-state index contributed by atoms with van der Waals surface area (Å²) in [5.74, 6) is 1.79. The maximum Gasteiger partial charge on any atom is 0.165 e. The van der Waals surface area contributed by atoms with Gasteiger partial charge in [-0.3, -0.25) is 4.98 Å². The molecule has 3 heterocycles. The van der Waals surface area contributed by atoms with Gasteiger partial charge in [0.2, 0.25) is 0 Å². The van der Waals surface area contributed by atoms with Crippen molar-refractivity contribution >= 4 is 22.5 Å². The second-order valence-corrected chi connectivity index (χ2v) is 8.49. The van der Waals surface area contributed by atoms with E-state index in [4.69, 9.17) is 14.7 Å². The van der Waals surface area contributed by atoms with Crippen LogP contribution in [-0.4, -0.2) is 26.0 Å². The van der Waals surface area contributed by atoms with Gasteiger partial charge in [0.25, 0.3) is 0 Å². The van der Waals surface area contributed by atoms with Crippen LogP contribution in [-0.2, 0) is 11.3 Å². The molecular formula is C26H29N5O. The lowest BCUT2D eigenvalue weighted by molar-refractivity contribution is 0.0615. The molecule has 0 unspecified atom stereocenters. The molecular weight excluding hydrogens is 398 g/mol. The summed E-state index contributed by atoms with van der Waals surface area (Å²) in [4.78, 5) is 18.8. The topological polar surface area (TPSA) is 72.8 Å². The van der Waals surface area contributed by atoms with Crippen LogP contribution in [0.25, 0.3) is 22.4 Å². The number of fused-ring (bicyclic) bond motifs is 1. The number of hydrogen-bond donors (Lipinski definition) is 1. The Labute approximate surface area is 189 Å². The second kappa shape index (κ2) is 9.40. The zero-order valence-electron chi connectivity index (χ0n) is 19.3. The molecule has 0 aliphatic heterocycles. The molecule has 0 saturated heterocycles. The van der Waals surface area contributed by atoms with Gasteiger partial charge in [0.15, 0.2) is 11.5 Å². The van der Waals surface area contributed by atoms with Crippen LogP contribution in [0.3, 0.4) is 0 Å². The van der Waals surface area contributed by atoms with Crippen LogP contribution in [0.15, 0.2) is 54.7 Å². The molecule has 4 rings (SSSR count). The molecule has 164 valence electrons. The van der Waals surface area contributed by atoms with Crippen molar-refractivity contribution in [1.29, 1.82) is 0 Å². The number of pyridine rings is 2. The number of aryl methyl sites for hydroxylation is 1. The Hall–Kier alpha value is -3.38. The third-order valence-corrected chi connectivity index (χ3v) is 5.24. The maximum absolute atomic E-state index is 5.77. The minimum Gasteiger partial charge on any atom is -0.371 e. The van der Waals surface area contributed by atoms with Crippen LogP contribution in [0.5, 0.6) is 0 Å². The van der Waals surface area contributed by atoms with E-state index >= 15 is 0 Å². The Kier molecular flexibility index (Phi) is 6.42. The molecule has 0 aliphatic carbocycles. The summed E-state index contributed by atoms with van der Waals surface area (Å²) < 4.78 is 5.77. The predicted molar refractivity (Wildman–Crippen MR) is 129 cm³/mol. The third kappa shape index (κ3) is 4.92. The zero-order chi connectivity index (χ0) is 22.7. The second-order valence-electron chi connectivity index (χ2n) is 8.49. The highest BCUT2D eigenvalue weighted by Gasteiger charge is 2.13. The first-order valence-electron chi connectivity index (χ1n) is 11.0. The molecule has 4 aromatic rings. The van der Waals surface area contributed by atoms with E-state index < -0.39 is 0 Å². The highest BCUT2D eigenvalue weighted by atomic mass is 16.5. The van der Waals surface area contributed by atoms with Crippen molar-refractivity contribution in [1.82, 2.24) is 19.9 Å². The molecule has 0 fully saturated rings. The summed E-state index contributed by atoms with van der Waals surface area (Å²) in [5.41, 5.74) is 5.59. The summed E-state index contributed by atoms with van der Waals surface area (Å²) in [7, 11) is 0. The average Bonchev–Trinajstić information content (AvgIpc) is 2.78. The first kappa shape index (κ1) is 21.8. The molecule has 0 aliphatic rings. The first-order chi connectivity index (χ1) is 15.4. The van der Waals surface area contributed by atoms with Gasteiger partial charge in [0, 0.05) is 11.9 Å². The van der Waals surface area contributed by atoms with Gasteiger partial charge in [-0.05, 0) is 68.1 Å². The molecule has 0 radical (unpaired) electrons. The standard InChI is InChI=1S/C26H29N5O/c1-16(2)19-8-10-20(11-9-19)28-25-21-12-13-22(24-18(5)7-6-14-27-24)29-26(21)31-23(30-25)15-32-17(3)4/h6-14,16-17H,15H2,1-5H3,(H,28,29,30,31). The lowest BCUT2D eigenvalue weighted by Crippen LogP contribution is -2.08. The molecule has 6 heteroatoms. The normalized spacial score (nSPS) is 11.5. The number of nitrogens with zero attached hydrogens (tertiary/aromatic N) is 4. The van der Waals surface area contributed by atoms with E-state index in [2.05, 4.69) is 53.4 Å². The van der Waals surface area contributed by atoms with Crippen LogP contribution >= 0.6 is 0 Å². The number of rotatable bonds is 7. The monoisotopic (exact) mass is 427 g/mol. The third-order valence-electron chi connectivity index (χ3n) is 5.24. The molecule has 6 nitrogen and oxygen atoms in total. The highest BCUT2D eigenvalue weighted by molar-refractivity contribution is 5.90. The van der Waals surface area contributed by atoms with Crippen molar-refractivity contribution in [2.24, 2.45) is 0 Å². The Bertz CT molecular complexity index is 1220. The fourth-order valence-electron chi connectivity index (χ4n) is 3.43. The van der Waals surface area contributed by atoms with Crippen molar-refractivity contribution in [2.45, 2.75) is 53.2 Å². The molecule has 0 amide bonds. The van der Waals surface area contributed by atoms with E-state index in [1.807, 2.05) is 45.0 Å². The van der Waals surface area contributed by atoms with Gasteiger partial charge in [-0.2, -0.15) is 0 Å². The molecule has 0 atom stereocenters. The van der Waals surface area contributed by atoms with Crippen molar-refractivity contribution in [3.05, 3.63) is 71.7 Å². The molecule has 0 saturated carbocycles. The van der Waals surface area contributed by atoms with Gasteiger partial charge in [-0.15, -0.1) is 0 Å². The van der Waals surface area contributed by atoms with E-state index in [-0.39, 0.29) is 6.10 Å². The molecule has 32 heavy (non-hydrogen) atoms. The molecule has 1 N–H and O–H groups in total. The summed E-state index contributed by atoms with van der Waals surface area (Å²) in [6.07, 6.45) is 1.87. The Morgan fingerprint density at radius 1 is 0.906 bits per heavy atom.